The summed E-state index contributed by atoms with van der Waals surface area (Å²) in [5.41, 5.74) is 0.717. The van der Waals surface area contributed by atoms with Gasteiger partial charge in [-0.2, -0.15) is 0 Å². The first-order chi connectivity index (χ1) is 12.5. The van der Waals surface area contributed by atoms with Crippen LogP contribution in [-0.2, 0) is 11.3 Å². The zero-order chi connectivity index (χ0) is 18.9. The number of ether oxygens (including phenoxy) is 2. The summed E-state index contributed by atoms with van der Waals surface area (Å²) in [6.45, 7) is 1.74. The Bertz CT molecular complexity index is 709. The highest BCUT2D eigenvalue weighted by Gasteiger charge is 2.13. The zero-order valence-electron chi connectivity index (χ0n) is 15.4. The summed E-state index contributed by atoms with van der Waals surface area (Å²) in [4.78, 5) is 15.8. The average Bonchev–Trinajstić information content (AvgIpc) is 2.62. The number of rotatable bonds is 9. The Hall–Kier alpha value is -2.60. The Labute approximate surface area is 153 Å². The van der Waals surface area contributed by atoms with Crippen molar-refractivity contribution in [1.29, 1.82) is 0 Å². The number of likely N-dealkylation sites (N-methyl/N-ethyl adjacent to an activating group) is 2. The molecule has 5 nitrogen and oxygen atoms in total. The Morgan fingerprint density at radius 1 is 1.12 bits per heavy atom. The van der Waals surface area contributed by atoms with E-state index in [0.717, 1.165) is 5.75 Å². The molecule has 0 saturated carbocycles. The second-order valence-corrected chi connectivity index (χ2v) is 6.12. The number of carbonyl (C=O) groups is 1. The van der Waals surface area contributed by atoms with Gasteiger partial charge in [0.15, 0.2) is 11.6 Å². The summed E-state index contributed by atoms with van der Waals surface area (Å²) >= 11 is 0. The first-order valence-corrected chi connectivity index (χ1v) is 8.42. The predicted octanol–water partition coefficient (Wildman–Crippen LogP) is 2.80. The van der Waals surface area contributed by atoms with E-state index < -0.39 is 5.82 Å². The number of methoxy groups -OCH3 is 1. The van der Waals surface area contributed by atoms with E-state index in [-0.39, 0.29) is 18.2 Å². The van der Waals surface area contributed by atoms with E-state index in [1.807, 2.05) is 42.3 Å². The van der Waals surface area contributed by atoms with E-state index in [1.54, 1.807) is 24.1 Å². The van der Waals surface area contributed by atoms with E-state index in [2.05, 4.69) is 0 Å². The number of benzene rings is 2. The lowest BCUT2D eigenvalue weighted by Crippen LogP contribution is -2.37. The van der Waals surface area contributed by atoms with E-state index >= 15 is 0 Å². The third-order valence-corrected chi connectivity index (χ3v) is 3.95. The van der Waals surface area contributed by atoms with Gasteiger partial charge in [0.25, 0.3) is 0 Å². The SMILES string of the molecule is COc1ccc(CN(C)C(=O)CN(C)CCOc2ccccc2)cc1F. The maximum Gasteiger partial charge on any atom is 0.236 e. The van der Waals surface area contributed by atoms with Crippen molar-refractivity contribution in [2.75, 3.05) is 40.9 Å². The molecule has 0 N–H and O–H groups in total. The number of hydrogen-bond acceptors (Lipinski definition) is 4. The summed E-state index contributed by atoms with van der Waals surface area (Å²) in [7, 11) is 5.00. The van der Waals surface area contributed by atoms with Crippen molar-refractivity contribution in [3.8, 4) is 11.5 Å². The van der Waals surface area contributed by atoms with Gasteiger partial charge in [-0.25, -0.2) is 4.39 Å². The van der Waals surface area contributed by atoms with Gasteiger partial charge in [-0.05, 0) is 36.9 Å². The van der Waals surface area contributed by atoms with Crippen molar-refractivity contribution < 1.29 is 18.7 Å². The third-order valence-electron chi connectivity index (χ3n) is 3.95. The number of hydrogen-bond donors (Lipinski definition) is 0. The standard InChI is InChI=1S/C20H25FN2O3/c1-22(11-12-26-17-7-5-4-6-8-17)15-20(24)23(2)14-16-9-10-19(25-3)18(21)13-16/h4-10,13H,11-12,14-15H2,1-3H3. The van der Waals surface area contributed by atoms with Gasteiger partial charge in [0.1, 0.15) is 12.4 Å². The van der Waals surface area contributed by atoms with Crippen molar-refractivity contribution in [1.82, 2.24) is 9.80 Å². The van der Waals surface area contributed by atoms with Crippen LogP contribution in [0.4, 0.5) is 4.39 Å². The van der Waals surface area contributed by atoms with Crippen LogP contribution in [0, 0.1) is 5.82 Å². The first-order valence-electron chi connectivity index (χ1n) is 8.42. The maximum atomic E-state index is 13.7. The fraction of sp³-hybridized carbons (Fsp3) is 0.350. The largest absolute Gasteiger partial charge is 0.494 e. The van der Waals surface area contributed by atoms with Gasteiger partial charge in [0.05, 0.1) is 13.7 Å². The molecule has 0 saturated heterocycles. The van der Waals surface area contributed by atoms with Crippen LogP contribution in [0.2, 0.25) is 0 Å². The summed E-state index contributed by atoms with van der Waals surface area (Å²) in [5.74, 6) is 0.538. The number of carbonyl (C=O) groups excluding carboxylic acids is 1. The molecule has 2 aromatic rings. The number of para-hydroxylation sites is 1. The van der Waals surface area contributed by atoms with Gasteiger partial charge in [-0.1, -0.05) is 24.3 Å². The molecule has 0 aliphatic rings. The van der Waals surface area contributed by atoms with Crippen LogP contribution in [0.15, 0.2) is 48.5 Å². The molecule has 0 aliphatic carbocycles. The van der Waals surface area contributed by atoms with Crippen LogP contribution in [0.25, 0.3) is 0 Å². The molecule has 0 fully saturated rings. The molecule has 1 amide bonds. The zero-order valence-corrected chi connectivity index (χ0v) is 15.4. The highest BCUT2D eigenvalue weighted by atomic mass is 19.1. The van der Waals surface area contributed by atoms with Crippen molar-refractivity contribution in [2.45, 2.75) is 6.54 Å². The highest BCUT2D eigenvalue weighted by molar-refractivity contribution is 5.77. The lowest BCUT2D eigenvalue weighted by atomic mass is 10.2. The molecule has 0 spiro atoms. The molecule has 0 aromatic heterocycles. The van der Waals surface area contributed by atoms with Crippen molar-refractivity contribution in [3.05, 3.63) is 59.9 Å². The third kappa shape index (κ3) is 6.04. The Morgan fingerprint density at radius 2 is 1.85 bits per heavy atom. The van der Waals surface area contributed by atoms with Crippen LogP contribution in [0.3, 0.4) is 0 Å². The normalized spacial score (nSPS) is 10.7. The van der Waals surface area contributed by atoms with Gasteiger partial charge < -0.3 is 14.4 Å². The molecular weight excluding hydrogens is 335 g/mol. The number of amides is 1. The summed E-state index contributed by atoms with van der Waals surface area (Å²) in [6, 6.07) is 14.3. The molecule has 0 radical (unpaired) electrons. The number of halogens is 1. The topological polar surface area (TPSA) is 42.0 Å². The maximum absolute atomic E-state index is 13.7. The highest BCUT2D eigenvalue weighted by Crippen LogP contribution is 2.18. The minimum absolute atomic E-state index is 0.0385. The Balaban J connectivity index is 1.76. The lowest BCUT2D eigenvalue weighted by molar-refractivity contribution is -0.131. The van der Waals surface area contributed by atoms with Crippen LogP contribution in [0.1, 0.15) is 5.56 Å². The van der Waals surface area contributed by atoms with E-state index in [1.165, 1.54) is 13.2 Å². The molecule has 140 valence electrons. The quantitative estimate of drug-likeness (QED) is 0.690. The van der Waals surface area contributed by atoms with Gasteiger partial charge in [0, 0.05) is 20.1 Å². The van der Waals surface area contributed by atoms with Crippen molar-refractivity contribution >= 4 is 5.91 Å². The molecule has 0 bridgehead atoms. The fourth-order valence-electron chi connectivity index (χ4n) is 2.44. The second-order valence-electron chi connectivity index (χ2n) is 6.12. The molecule has 0 atom stereocenters. The minimum atomic E-state index is -0.430. The van der Waals surface area contributed by atoms with Crippen LogP contribution < -0.4 is 9.47 Å². The monoisotopic (exact) mass is 360 g/mol. The van der Waals surface area contributed by atoms with Gasteiger partial charge in [-0.15, -0.1) is 0 Å². The van der Waals surface area contributed by atoms with E-state index in [4.69, 9.17) is 9.47 Å². The van der Waals surface area contributed by atoms with Crippen molar-refractivity contribution in [3.63, 3.8) is 0 Å². The molecule has 0 aliphatic heterocycles. The lowest BCUT2D eigenvalue weighted by Gasteiger charge is -2.22. The second kappa shape index (κ2) is 9.77. The molecule has 2 aromatic carbocycles. The molecule has 0 unspecified atom stereocenters. The van der Waals surface area contributed by atoms with Crippen LogP contribution >= 0.6 is 0 Å². The molecule has 26 heavy (non-hydrogen) atoms. The smallest absolute Gasteiger partial charge is 0.236 e. The molecular formula is C20H25FN2O3. The fourth-order valence-corrected chi connectivity index (χ4v) is 2.44. The molecule has 0 heterocycles. The van der Waals surface area contributed by atoms with Gasteiger partial charge in [-0.3, -0.25) is 9.69 Å². The predicted molar refractivity (Wildman–Crippen MR) is 98.9 cm³/mol. The van der Waals surface area contributed by atoms with Crippen LogP contribution in [0.5, 0.6) is 11.5 Å². The van der Waals surface area contributed by atoms with E-state index in [0.29, 0.717) is 25.3 Å². The summed E-state index contributed by atoms with van der Waals surface area (Å²) in [5, 5.41) is 0. The van der Waals surface area contributed by atoms with Crippen LogP contribution in [-0.4, -0.2) is 56.6 Å². The Kier molecular flexibility index (Phi) is 7.41. The summed E-state index contributed by atoms with van der Waals surface area (Å²) < 4.78 is 24.3. The first kappa shape index (κ1) is 19.7. The summed E-state index contributed by atoms with van der Waals surface area (Å²) in [6.07, 6.45) is 0. The van der Waals surface area contributed by atoms with E-state index in [9.17, 15) is 9.18 Å². The Morgan fingerprint density at radius 3 is 2.50 bits per heavy atom. The van der Waals surface area contributed by atoms with Gasteiger partial charge >= 0.3 is 0 Å². The number of nitrogens with zero attached hydrogens (tertiary/aromatic N) is 2. The average molecular weight is 360 g/mol. The van der Waals surface area contributed by atoms with Gasteiger partial charge in [0.2, 0.25) is 5.91 Å². The van der Waals surface area contributed by atoms with Crippen molar-refractivity contribution in [2.24, 2.45) is 0 Å². The minimum Gasteiger partial charge on any atom is -0.494 e. The molecule has 6 heteroatoms. The molecule has 2 rings (SSSR count).